The number of aliphatic hydroxyl groups excluding tert-OH is 1. The fourth-order valence-electron chi connectivity index (χ4n) is 2.78. The molecule has 0 aromatic carbocycles. The van der Waals surface area contributed by atoms with E-state index in [2.05, 4.69) is 33.0 Å². The highest BCUT2D eigenvalue weighted by Gasteiger charge is 2.32. The van der Waals surface area contributed by atoms with E-state index in [1.807, 2.05) is 0 Å². The molecule has 2 heteroatoms. The van der Waals surface area contributed by atoms with Crippen molar-refractivity contribution in [2.45, 2.75) is 59.4 Å². The maximum Gasteiger partial charge on any atom is 0.0496 e. The van der Waals surface area contributed by atoms with Gasteiger partial charge in [0.1, 0.15) is 0 Å². The van der Waals surface area contributed by atoms with Gasteiger partial charge in [0.15, 0.2) is 0 Å². The van der Waals surface area contributed by atoms with E-state index in [0.717, 1.165) is 24.8 Å². The van der Waals surface area contributed by atoms with Gasteiger partial charge in [0.05, 0.1) is 0 Å². The fourth-order valence-corrected chi connectivity index (χ4v) is 2.78. The molecule has 0 saturated heterocycles. The molecule has 1 rings (SSSR count). The maximum absolute atomic E-state index is 9.38. The van der Waals surface area contributed by atoms with Gasteiger partial charge < -0.3 is 10.4 Å². The quantitative estimate of drug-likeness (QED) is 0.731. The maximum atomic E-state index is 9.38. The van der Waals surface area contributed by atoms with Crippen LogP contribution in [0.3, 0.4) is 0 Å². The first-order valence-corrected chi connectivity index (χ1v) is 6.90. The SMILES string of the molecule is CCC1CCC(NCC(C)(CC)CO)C1C. The van der Waals surface area contributed by atoms with Gasteiger partial charge in [-0.05, 0) is 31.1 Å². The van der Waals surface area contributed by atoms with Crippen molar-refractivity contribution in [3.63, 3.8) is 0 Å². The Morgan fingerprint density at radius 1 is 1.31 bits per heavy atom. The van der Waals surface area contributed by atoms with Gasteiger partial charge in [-0.1, -0.05) is 34.1 Å². The highest BCUT2D eigenvalue weighted by atomic mass is 16.3. The molecule has 16 heavy (non-hydrogen) atoms. The molecular formula is C14H29NO. The van der Waals surface area contributed by atoms with Crippen LogP contribution in [0.2, 0.25) is 0 Å². The number of aliphatic hydroxyl groups is 1. The topological polar surface area (TPSA) is 32.3 Å². The van der Waals surface area contributed by atoms with Crippen LogP contribution < -0.4 is 5.32 Å². The summed E-state index contributed by atoms with van der Waals surface area (Å²) in [4.78, 5) is 0. The first-order chi connectivity index (χ1) is 7.56. The second-order valence-electron chi connectivity index (χ2n) is 5.91. The van der Waals surface area contributed by atoms with Crippen LogP contribution in [0.4, 0.5) is 0 Å². The average molecular weight is 227 g/mol. The van der Waals surface area contributed by atoms with E-state index in [1.165, 1.54) is 19.3 Å². The highest BCUT2D eigenvalue weighted by Crippen LogP contribution is 2.34. The van der Waals surface area contributed by atoms with Gasteiger partial charge in [0.2, 0.25) is 0 Å². The number of hydrogen-bond acceptors (Lipinski definition) is 2. The summed E-state index contributed by atoms with van der Waals surface area (Å²) >= 11 is 0. The standard InChI is InChI=1S/C14H29NO/c1-5-12-7-8-13(11(12)3)15-9-14(4,6-2)10-16/h11-13,15-16H,5-10H2,1-4H3. The molecule has 4 unspecified atom stereocenters. The molecule has 4 atom stereocenters. The zero-order valence-corrected chi connectivity index (χ0v) is 11.4. The zero-order chi connectivity index (χ0) is 12.2. The summed E-state index contributed by atoms with van der Waals surface area (Å²) in [6.45, 7) is 10.2. The third kappa shape index (κ3) is 3.21. The largest absolute Gasteiger partial charge is 0.396 e. The molecule has 0 aliphatic heterocycles. The summed E-state index contributed by atoms with van der Waals surface area (Å²) in [7, 11) is 0. The van der Waals surface area contributed by atoms with Crippen molar-refractivity contribution in [2.24, 2.45) is 17.3 Å². The van der Waals surface area contributed by atoms with E-state index in [-0.39, 0.29) is 12.0 Å². The predicted molar refractivity (Wildman–Crippen MR) is 69.5 cm³/mol. The molecule has 1 aliphatic rings. The molecule has 0 spiro atoms. The monoisotopic (exact) mass is 227 g/mol. The van der Waals surface area contributed by atoms with E-state index in [1.54, 1.807) is 0 Å². The van der Waals surface area contributed by atoms with Gasteiger partial charge >= 0.3 is 0 Å². The van der Waals surface area contributed by atoms with Gasteiger partial charge in [-0.15, -0.1) is 0 Å². The third-order valence-electron chi connectivity index (χ3n) is 4.78. The summed E-state index contributed by atoms with van der Waals surface area (Å²) < 4.78 is 0. The Hall–Kier alpha value is -0.0800. The Bertz CT molecular complexity index is 201. The number of rotatable bonds is 6. The summed E-state index contributed by atoms with van der Waals surface area (Å²) in [6.07, 6.45) is 5.03. The predicted octanol–water partition coefficient (Wildman–Crippen LogP) is 2.81. The molecular weight excluding hydrogens is 198 g/mol. The molecule has 96 valence electrons. The lowest BCUT2D eigenvalue weighted by atomic mass is 9.87. The van der Waals surface area contributed by atoms with Gasteiger partial charge in [-0.2, -0.15) is 0 Å². The first kappa shape index (κ1) is 14.0. The van der Waals surface area contributed by atoms with E-state index in [9.17, 15) is 5.11 Å². The van der Waals surface area contributed by atoms with Crippen LogP contribution in [-0.2, 0) is 0 Å². The van der Waals surface area contributed by atoms with Gasteiger partial charge in [0, 0.05) is 24.6 Å². The fraction of sp³-hybridized carbons (Fsp3) is 1.00. The Balaban J connectivity index is 2.39. The van der Waals surface area contributed by atoms with Crippen LogP contribution in [0.5, 0.6) is 0 Å². The average Bonchev–Trinajstić information content (AvgIpc) is 2.67. The smallest absolute Gasteiger partial charge is 0.0496 e. The first-order valence-electron chi connectivity index (χ1n) is 6.90. The second kappa shape index (κ2) is 6.02. The van der Waals surface area contributed by atoms with Crippen LogP contribution in [0.25, 0.3) is 0 Å². The Labute approximate surface area is 101 Å². The van der Waals surface area contributed by atoms with Crippen LogP contribution in [0.1, 0.15) is 53.4 Å². The normalized spacial score (nSPS) is 33.9. The minimum atomic E-state index is 0.0595. The highest BCUT2D eigenvalue weighted by molar-refractivity contribution is 4.88. The molecule has 1 aliphatic carbocycles. The molecule has 0 radical (unpaired) electrons. The van der Waals surface area contributed by atoms with Crippen molar-refractivity contribution in [2.75, 3.05) is 13.2 Å². The molecule has 0 aromatic heterocycles. The Kier molecular flexibility index (Phi) is 5.26. The number of nitrogens with one attached hydrogen (secondary N) is 1. The van der Waals surface area contributed by atoms with E-state index in [0.29, 0.717) is 6.04 Å². The van der Waals surface area contributed by atoms with Crippen molar-refractivity contribution in [1.29, 1.82) is 0 Å². The van der Waals surface area contributed by atoms with Crippen molar-refractivity contribution in [3.8, 4) is 0 Å². The third-order valence-corrected chi connectivity index (χ3v) is 4.78. The van der Waals surface area contributed by atoms with Crippen molar-refractivity contribution >= 4 is 0 Å². The molecule has 2 nitrogen and oxygen atoms in total. The molecule has 0 bridgehead atoms. The van der Waals surface area contributed by atoms with Crippen LogP contribution in [0.15, 0.2) is 0 Å². The zero-order valence-electron chi connectivity index (χ0n) is 11.4. The summed E-state index contributed by atoms with van der Waals surface area (Å²) in [6, 6.07) is 0.669. The Morgan fingerprint density at radius 3 is 2.44 bits per heavy atom. The van der Waals surface area contributed by atoms with Crippen LogP contribution in [0, 0.1) is 17.3 Å². The second-order valence-corrected chi connectivity index (χ2v) is 5.91. The molecule has 0 amide bonds. The number of hydrogen-bond donors (Lipinski definition) is 2. The van der Waals surface area contributed by atoms with Crippen molar-refractivity contribution < 1.29 is 5.11 Å². The minimum absolute atomic E-state index is 0.0595. The molecule has 0 heterocycles. The molecule has 0 aromatic rings. The van der Waals surface area contributed by atoms with Gasteiger partial charge in [-0.25, -0.2) is 0 Å². The molecule has 2 N–H and O–H groups in total. The Morgan fingerprint density at radius 2 is 2.00 bits per heavy atom. The lowest BCUT2D eigenvalue weighted by Crippen LogP contribution is -2.41. The molecule has 1 fully saturated rings. The minimum Gasteiger partial charge on any atom is -0.396 e. The van der Waals surface area contributed by atoms with E-state index >= 15 is 0 Å². The van der Waals surface area contributed by atoms with E-state index < -0.39 is 0 Å². The van der Waals surface area contributed by atoms with Gasteiger partial charge in [-0.3, -0.25) is 0 Å². The van der Waals surface area contributed by atoms with Crippen molar-refractivity contribution in [3.05, 3.63) is 0 Å². The van der Waals surface area contributed by atoms with Gasteiger partial charge in [0.25, 0.3) is 0 Å². The molecule has 1 saturated carbocycles. The van der Waals surface area contributed by atoms with Crippen molar-refractivity contribution in [1.82, 2.24) is 5.32 Å². The lowest BCUT2D eigenvalue weighted by molar-refractivity contribution is 0.129. The summed E-state index contributed by atoms with van der Waals surface area (Å²) in [5.41, 5.74) is 0.0595. The lowest BCUT2D eigenvalue weighted by Gasteiger charge is -2.30. The van der Waals surface area contributed by atoms with Crippen LogP contribution >= 0.6 is 0 Å². The van der Waals surface area contributed by atoms with E-state index in [4.69, 9.17) is 0 Å². The van der Waals surface area contributed by atoms with Crippen LogP contribution in [-0.4, -0.2) is 24.3 Å². The summed E-state index contributed by atoms with van der Waals surface area (Å²) in [5, 5.41) is 13.1. The summed E-state index contributed by atoms with van der Waals surface area (Å²) in [5.74, 6) is 1.70.